The van der Waals surface area contributed by atoms with Gasteiger partial charge in [0.2, 0.25) is 0 Å². The zero-order valence-electron chi connectivity index (χ0n) is 10.8. The van der Waals surface area contributed by atoms with Crippen LogP contribution in [0.4, 0.5) is 5.82 Å². The van der Waals surface area contributed by atoms with Gasteiger partial charge in [-0.3, -0.25) is 5.43 Å². The molecule has 1 N–H and O–H groups in total. The second kappa shape index (κ2) is 6.08. The second-order valence-corrected chi connectivity index (χ2v) is 5.14. The van der Waals surface area contributed by atoms with Crippen molar-refractivity contribution in [3.05, 3.63) is 64.3 Å². The molecule has 3 aromatic rings. The smallest absolute Gasteiger partial charge is 0.176 e. The molecule has 6 heteroatoms. The Labute approximate surface area is 131 Å². The third-order valence-electron chi connectivity index (χ3n) is 2.90. The maximum absolute atomic E-state index is 5.95. The minimum absolute atomic E-state index is 0.491. The maximum atomic E-state index is 5.95. The molecule has 1 aromatic heterocycles. The molecule has 0 saturated heterocycles. The van der Waals surface area contributed by atoms with Crippen LogP contribution in [0.1, 0.15) is 5.56 Å². The first-order valence-corrected chi connectivity index (χ1v) is 6.94. The molecule has 0 unspecified atom stereocenters. The van der Waals surface area contributed by atoms with Crippen molar-refractivity contribution in [1.82, 2.24) is 10.2 Å². The fourth-order valence-electron chi connectivity index (χ4n) is 1.87. The number of hydrazone groups is 1. The Bertz CT molecular complexity index is 812. The van der Waals surface area contributed by atoms with Gasteiger partial charge in [-0.2, -0.15) is 10.2 Å². The normalized spacial score (nSPS) is 11.1. The summed E-state index contributed by atoms with van der Waals surface area (Å²) in [7, 11) is 0. The molecule has 21 heavy (non-hydrogen) atoms. The lowest BCUT2D eigenvalue weighted by Gasteiger charge is -2.03. The number of nitrogens with one attached hydrogen (secondary N) is 1. The Morgan fingerprint density at radius 3 is 2.76 bits per heavy atom. The highest BCUT2D eigenvalue weighted by molar-refractivity contribution is 6.42. The summed E-state index contributed by atoms with van der Waals surface area (Å²) in [5.74, 6) is 0.601. The van der Waals surface area contributed by atoms with Crippen molar-refractivity contribution in [2.45, 2.75) is 0 Å². The lowest BCUT2D eigenvalue weighted by molar-refractivity contribution is 1.04. The quantitative estimate of drug-likeness (QED) is 0.576. The molecule has 0 atom stereocenters. The number of hydrogen-bond donors (Lipinski definition) is 1. The van der Waals surface area contributed by atoms with Crippen molar-refractivity contribution in [3.8, 4) is 0 Å². The van der Waals surface area contributed by atoms with Crippen LogP contribution < -0.4 is 5.43 Å². The maximum Gasteiger partial charge on any atom is 0.176 e. The molecular formula is C15H10Cl2N4. The molecule has 104 valence electrons. The zero-order chi connectivity index (χ0) is 14.7. The highest BCUT2D eigenvalue weighted by Gasteiger charge is 2.01. The fourth-order valence-corrected chi connectivity index (χ4v) is 2.18. The third kappa shape index (κ3) is 3.12. The Kier molecular flexibility index (Phi) is 3.99. The predicted octanol–water partition coefficient (Wildman–Crippen LogP) is 4.38. The Balaban J connectivity index is 1.83. The first-order valence-electron chi connectivity index (χ1n) is 6.18. The van der Waals surface area contributed by atoms with Gasteiger partial charge in [0.15, 0.2) is 5.82 Å². The van der Waals surface area contributed by atoms with Crippen LogP contribution in [0, 0.1) is 0 Å². The number of anilines is 1. The van der Waals surface area contributed by atoms with E-state index in [1.807, 2.05) is 30.3 Å². The van der Waals surface area contributed by atoms with Gasteiger partial charge >= 0.3 is 0 Å². The van der Waals surface area contributed by atoms with E-state index in [-0.39, 0.29) is 0 Å². The average Bonchev–Trinajstić information content (AvgIpc) is 2.51. The summed E-state index contributed by atoms with van der Waals surface area (Å²) in [4.78, 5) is 0. The largest absolute Gasteiger partial charge is 0.259 e. The molecule has 0 bridgehead atoms. The fraction of sp³-hybridized carbons (Fsp3) is 0. The van der Waals surface area contributed by atoms with Crippen LogP contribution >= 0.6 is 23.2 Å². The summed E-state index contributed by atoms with van der Waals surface area (Å²) in [6, 6.07) is 13.1. The van der Waals surface area contributed by atoms with Crippen molar-refractivity contribution < 1.29 is 0 Å². The summed E-state index contributed by atoms with van der Waals surface area (Å²) in [6.07, 6.45) is 3.36. The SMILES string of the molecule is Clc1ccc(/C=N/Nc2nncc3ccccc23)cc1Cl. The van der Waals surface area contributed by atoms with Crippen LogP contribution in [0.25, 0.3) is 10.8 Å². The lowest BCUT2D eigenvalue weighted by atomic mass is 10.2. The molecule has 0 fully saturated rings. The number of rotatable bonds is 3. The van der Waals surface area contributed by atoms with Crippen molar-refractivity contribution in [1.29, 1.82) is 0 Å². The molecule has 0 amide bonds. The molecule has 0 aliphatic rings. The van der Waals surface area contributed by atoms with Crippen LogP contribution in [-0.4, -0.2) is 16.4 Å². The van der Waals surface area contributed by atoms with Crippen LogP contribution in [0.15, 0.2) is 53.8 Å². The van der Waals surface area contributed by atoms with Gasteiger partial charge in [0.1, 0.15) is 0 Å². The zero-order valence-corrected chi connectivity index (χ0v) is 12.3. The number of aromatic nitrogens is 2. The van der Waals surface area contributed by atoms with Gasteiger partial charge in [-0.05, 0) is 17.7 Å². The van der Waals surface area contributed by atoms with Crippen molar-refractivity contribution in [3.63, 3.8) is 0 Å². The summed E-state index contributed by atoms with van der Waals surface area (Å²) in [5.41, 5.74) is 3.73. The highest BCUT2D eigenvalue weighted by atomic mass is 35.5. The molecule has 0 aliphatic carbocycles. The van der Waals surface area contributed by atoms with E-state index in [1.165, 1.54) is 0 Å². The van der Waals surface area contributed by atoms with Gasteiger partial charge < -0.3 is 0 Å². The van der Waals surface area contributed by atoms with E-state index in [1.54, 1.807) is 24.5 Å². The number of halogens is 2. The predicted molar refractivity (Wildman–Crippen MR) is 87.2 cm³/mol. The number of hydrogen-bond acceptors (Lipinski definition) is 4. The second-order valence-electron chi connectivity index (χ2n) is 4.32. The molecule has 0 spiro atoms. The van der Waals surface area contributed by atoms with Gasteiger partial charge in [0.05, 0.1) is 22.5 Å². The van der Waals surface area contributed by atoms with Gasteiger partial charge in [-0.1, -0.05) is 53.5 Å². The van der Waals surface area contributed by atoms with Crippen molar-refractivity contribution >= 4 is 46.0 Å². The number of nitrogens with zero attached hydrogens (tertiary/aromatic N) is 3. The van der Waals surface area contributed by atoms with E-state index in [0.29, 0.717) is 15.9 Å². The molecule has 2 aromatic carbocycles. The van der Waals surface area contributed by atoms with E-state index in [2.05, 4.69) is 20.7 Å². The standard InChI is InChI=1S/C15H10Cl2N4/c16-13-6-5-10(7-14(13)17)8-18-20-15-12-4-2-1-3-11(12)9-19-21-15/h1-9H,(H,20,21)/b18-8+. The first kappa shape index (κ1) is 13.8. The van der Waals surface area contributed by atoms with Crippen molar-refractivity contribution in [2.24, 2.45) is 5.10 Å². The van der Waals surface area contributed by atoms with Gasteiger partial charge in [-0.25, -0.2) is 0 Å². The van der Waals surface area contributed by atoms with Crippen molar-refractivity contribution in [2.75, 3.05) is 5.43 Å². The topological polar surface area (TPSA) is 50.2 Å². The Morgan fingerprint density at radius 1 is 1.05 bits per heavy atom. The van der Waals surface area contributed by atoms with Gasteiger partial charge in [0.25, 0.3) is 0 Å². The molecule has 3 rings (SSSR count). The van der Waals surface area contributed by atoms with Crippen LogP contribution in [0.5, 0.6) is 0 Å². The van der Waals surface area contributed by atoms with Crippen LogP contribution in [0.3, 0.4) is 0 Å². The van der Waals surface area contributed by atoms with E-state index in [0.717, 1.165) is 16.3 Å². The minimum Gasteiger partial charge on any atom is -0.259 e. The highest BCUT2D eigenvalue weighted by Crippen LogP contribution is 2.22. The molecule has 0 saturated carbocycles. The van der Waals surface area contributed by atoms with Gasteiger partial charge in [-0.15, -0.1) is 5.10 Å². The summed E-state index contributed by atoms with van der Waals surface area (Å²) in [5, 5.41) is 15.1. The number of fused-ring (bicyclic) bond motifs is 1. The Morgan fingerprint density at radius 2 is 1.90 bits per heavy atom. The molecule has 1 heterocycles. The van der Waals surface area contributed by atoms with E-state index in [4.69, 9.17) is 23.2 Å². The van der Waals surface area contributed by atoms with E-state index in [9.17, 15) is 0 Å². The monoisotopic (exact) mass is 316 g/mol. The summed E-state index contributed by atoms with van der Waals surface area (Å²) in [6.45, 7) is 0. The summed E-state index contributed by atoms with van der Waals surface area (Å²) >= 11 is 11.8. The van der Waals surface area contributed by atoms with Gasteiger partial charge in [0, 0.05) is 10.8 Å². The summed E-state index contributed by atoms with van der Waals surface area (Å²) < 4.78 is 0. The van der Waals surface area contributed by atoms with Crippen LogP contribution in [0.2, 0.25) is 10.0 Å². The average molecular weight is 317 g/mol. The molecule has 0 aliphatic heterocycles. The minimum atomic E-state index is 0.491. The Hall–Kier alpha value is -2.17. The third-order valence-corrected chi connectivity index (χ3v) is 3.64. The van der Waals surface area contributed by atoms with E-state index < -0.39 is 0 Å². The van der Waals surface area contributed by atoms with E-state index >= 15 is 0 Å². The molecular weight excluding hydrogens is 307 g/mol. The molecule has 0 radical (unpaired) electrons. The van der Waals surface area contributed by atoms with Crippen LogP contribution in [-0.2, 0) is 0 Å². The molecule has 4 nitrogen and oxygen atoms in total. The number of benzene rings is 2. The lowest BCUT2D eigenvalue weighted by Crippen LogP contribution is -1.96. The first-order chi connectivity index (χ1) is 10.2.